The number of carbonyl (C=O) groups excluding carboxylic acids is 2. The van der Waals surface area contributed by atoms with Crippen molar-refractivity contribution in [2.45, 2.75) is 219 Å². The summed E-state index contributed by atoms with van der Waals surface area (Å²) >= 11 is 0. The van der Waals surface area contributed by atoms with Crippen LogP contribution in [-0.4, -0.2) is 75.5 Å². The molecule has 0 saturated carbocycles. The van der Waals surface area contributed by atoms with Crippen molar-refractivity contribution in [2.24, 2.45) is 0 Å². The summed E-state index contributed by atoms with van der Waals surface area (Å²) in [7, 11) is 6.49. The van der Waals surface area contributed by atoms with E-state index >= 15 is 0 Å². The van der Waals surface area contributed by atoms with Crippen LogP contribution < -0.4 is 10.6 Å². The molecular weight excluding hydrogens is 641 g/mol. The van der Waals surface area contributed by atoms with E-state index in [1.165, 1.54) is 173 Å². The zero-order valence-electron chi connectivity index (χ0n) is 35.7. The normalized spacial score (nSPS) is 11.7. The number of amides is 2. The monoisotopic (exact) mass is 733 g/mol. The minimum absolute atomic E-state index is 0.213. The average Bonchev–Trinajstić information content (AvgIpc) is 3.12. The Hall–Kier alpha value is -1.40. The van der Waals surface area contributed by atoms with Crippen LogP contribution in [0.25, 0.3) is 0 Å². The Morgan fingerprint density at radius 2 is 0.750 bits per heavy atom. The highest BCUT2D eigenvalue weighted by Crippen LogP contribution is 2.14. The summed E-state index contributed by atoms with van der Waals surface area (Å²) in [5, 5.41) is 6.22. The molecule has 0 spiro atoms. The van der Waals surface area contributed by atoms with Crippen LogP contribution >= 0.6 is 0 Å². The van der Waals surface area contributed by atoms with Crippen molar-refractivity contribution >= 4 is 11.8 Å². The number of allylic oxidation sites excluding steroid dienone is 2. The van der Waals surface area contributed by atoms with Crippen molar-refractivity contribution in [3.8, 4) is 0 Å². The van der Waals surface area contributed by atoms with Crippen molar-refractivity contribution in [2.75, 3.05) is 53.9 Å². The lowest BCUT2D eigenvalue weighted by Crippen LogP contribution is -2.29. The van der Waals surface area contributed by atoms with E-state index in [4.69, 9.17) is 0 Å². The number of hydrogen-bond donors (Lipinski definition) is 2. The van der Waals surface area contributed by atoms with E-state index in [-0.39, 0.29) is 11.8 Å². The summed E-state index contributed by atoms with van der Waals surface area (Å²) in [5.74, 6) is 0.430. The van der Waals surface area contributed by atoms with E-state index in [9.17, 15) is 9.59 Å². The molecule has 2 N–H and O–H groups in total. The van der Waals surface area contributed by atoms with Crippen molar-refractivity contribution in [1.29, 1.82) is 0 Å². The maximum atomic E-state index is 12.2. The van der Waals surface area contributed by atoms with Gasteiger partial charge in [0.15, 0.2) is 0 Å². The molecule has 308 valence electrons. The summed E-state index contributed by atoms with van der Waals surface area (Å²) in [6.45, 7) is 7.10. The van der Waals surface area contributed by atoms with Gasteiger partial charge in [-0.3, -0.25) is 9.59 Å². The number of carbonyl (C=O) groups is 2. The van der Waals surface area contributed by atoms with Gasteiger partial charge in [0, 0.05) is 25.9 Å². The Morgan fingerprint density at radius 1 is 0.404 bits per heavy atom. The fraction of sp³-hybridized carbons (Fsp3) is 0.913. The molecule has 0 atom stereocenters. The fourth-order valence-electron chi connectivity index (χ4n) is 6.97. The van der Waals surface area contributed by atoms with E-state index in [0.717, 1.165) is 58.3 Å². The Bertz CT molecular complexity index is 771. The first-order valence-corrected chi connectivity index (χ1v) is 23.0. The summed E-state index contributed by atoms with van der Waals surface area (Å²) in [4.78, 5) is 29.0. The van der Waals surface area contributed by atoms with Gasteiger partial charge in [0.05, 0.1) is 0 Å². The highest BCUT2D eigenvalue weighted by Gasteiger charge is 2.04. The Balaban J connectivity index is 3.36. The first kappa shape index (κ1) is 50.6. The van der Waals surface area contributed by atoms with Gasteiger partial charge in [0.1, 0.15) is 0 Å². The molecule has 0 aromatic heterocycles. The molecule has 0 fully saturated rings. The summed E-state index contributed by atoms with van der Waals surface area (Å²) in [5.41, 5.74) is 0. The van der Waals surface area contributed by atoms with Crippen LogP contribution in [0.2, 0.25) is 0 Å². The van der Waals surface area contributed by atoms with Crippen LogP contribution in [0.3, 0.4) is 0 Å². The van der Waals surface area contributed by atoms with E-state index in [1.807, 2.05) is 0 Å². The van der Waals surface area contributed by atoms with Crippen LogP contribution in [0.4, 0.5) is 0 Å². The molecule has 0 unspecified atom stereocenters. The number of rotatable bonds is 42. The smallest absolute Gasteiger partial charge is 0.219 e. The van der Waals surface area contributed by atoms with E-state index in [2.05, 4.69) is 60.7 Å². The molecule has 0 aliphatic carbocycles. The van der Waals surface area contributed by atoms with Gasteiger partial charge in [-0.2, -0.15) is 0 Å². The highest BCUT2D eigenvalue weighted by atomic mass is 16.2. The van der Waals surface area contributed by atoms with E-state index in [0.29, 0.717) is 12.8 Å². The second kappa shape index (κ2) is 42.3. The van der Waals surface area contributed by atoms with Crippen molar-refractivity contribution in [1.82, 2.24) is 20.4 Å². The van der Waals surface area contributed by atoms with Gasteiger partial charge in [0.25, 0.3) is 0 Å². The molecule has 0 radical (unpaired) electrons. The summed E-state index contributed by atoms with van der Waals surface area (Å²) < 4.78 is 0. The minimum atomic E-state index is 0.213. The third kappa shape index (κ3) is 43.0. The van der Waals surface area contributed by atoms with Gasteiger partial charge in [-0.05, 0) is 105 Å². The highest BCUT2D eigenvalue weighted by molar-refractivity contribution is 5.76. The van der Waals surface area contributed by atoms with Crippen LogP contribution in [0, 0.1) is 0 Å². The Kier molecular flexibility index (Phi) is 41.2. The molecule has 0 aliphatic heterocycles. The van der Waals surface area contributed by atoms with Gasteiger partial charge >= 0.3 is 0 Å². The molecule has 0 bridgehead atoms. The molecular formula is C46H92N4O2. The molecule has 0 aromatic carbocycles. The third-order valence-corrected chi connectivity index (χ3v) is 10.5. The lowest BCUT2D eigenvalue weighted by atomic mass is 10.0. The van der Waals surface area contributed by atoms with Crippen LogP contribution in [0.1, 0.15) is 219 Å². The standard InChI is InChI=1S/C46H92N4O2/c1-5-6-7-8-9-10-11-12-14-17-20-23-26-29-32-38-45(51)47-40-34-36-43-50(4)44-37-41-48-46(52)39-33-30-27-24-21-18-15-13-16-19-22-25-28-31-35-42-49(2)3/h12,14H,5-11,13,15-44H2,1-4H3,(H,47,51)(H,48,52)/b14-12-. The Labute approximate surface area is 325 Å². The van der Waals surface area contributed by atoms with Gasteiger partial charge in [-0.1, -0.05) is 154 Å². The minimum Gasteiger partial charge on any atom is -0.356 e. The summed E-state index contributed by atoms with van der Waals surface area (Å²) in [6.07, 6.45) is 46.1. The zero-order valence-corrected chi connectivity index (χ0v) is 35.7. The Morgan fingerprint density at radius 3 is 1.19 bits per heavy atom. The lowest BCUT2D eigenvalue weighted by molar-refractivity contribution is -0.122. The van der Waals surface area contributed by atoms with Crippen LogP contribution in [0.5, 0.6) is 0 Å². The van der Waals surface area contributed by atoms with Gasteiger partial charge in [0.2, 0.25) is 11.8 Å². The number of unbranched alkanes of at least 4 members (excludes halogenated alkanes) is 26. The van der Waals surface area contributed by atoms with Gasteiger partial charge in [-0.15, -0.1) is 0 Å². The first-order chi connectivity index (χ1) is 25.5. The van der Waals surface area contributed by atoms with E-state index in [1.54, 1.807) is 0 Å². The van der Waals surface area contributed by atoms with Crippen molar-refractivity contribution < 1.29 is 9.59 Å². The third-order valence-electron chi connectivity index (χ3n) is 10.5. The maximum Gasteiger partial charge on any atom is 0.219 e. The first-order valence-electron chi connectivity index (χ1n) is 23.0. The van der Waals surface area contributed by atoms with Crippen LogP contribution in [0.15, 0.2) is 12.2 Å². The number of nitrogens with zero attached hydrogens (tertiary/aromatic N) is 2. The molecule has 2 amide bonds. The fourth-order valence-corrected chi connectivity index (χ4v) is 6.97. The van der Waals surface area contributed by atoms with Crippen molar-refractivity contribution in [3.63, 3.8) is 0 Å². The predicted octanol–water partition coefficient (Wildman–Crippen LogP) is 12.2. The zero-order chi connectivity index (χ0) is 38.0. The molecule has 0 heterocycles. The lowest BCUT2D eigenvalue weighted by Gasteiger charge is -2.16. The van der Waals surface area contributed by atoms with Crippen LogP contribution in [-0.2, 0) is 9.59 Å². The molecule has 52 heavy (non-hydrogen) atoms. The average molecular weight is 733 g/mol. The van der Waals surface area contributed by atoms with Gasteiger partial charge in [-0.25, -0.2) is 0 Å². The number of nitrogens with one attached hydrogen (secondary N) is 2. The predicted molar refractivity (Wildman–Crippen MR) is 229 cm³/mol. The summed E-state index contributed by atoms with van der Waals surface area (Å²) in [6, 6.07) is 0. The van der Waals surface area contributed by atoms with Gasteiger partial charge < -0.3 is 20.4 Å². The SMILES string of the molecule is CCCCCCCC/C=C\CCCCCCCC(=O)NCCCCN(C)CCCNC(=O)CCCCCCCCCCCCCCCCCN(C)C. The largest absolute Gasteiger partial charge is 0.356 e. The second-order valence-corrected chi connectivity index (χ2v) is 16.3. The molecule has 6 heteroatoms. The molecule has 6 nitrogen and oxygen atoms in total. The maximum absolute atomic E-state index is 12.2. The van der Waals surface area contributed by atoms with E-state index < -0.39 is 0 Å². The molecule has 0 saturated heterocycles. The topological polar surface area (TPSA) is 64.7 Å². The quantitative estimate of drug-likeness (QED) is 0.0484. The molecule has 0 rings (SSSR count). The molecule has 0 aromatic rings. The second-order valence-electron chi connectivity index (χ2n) is 16.3. The van der Waals surface area contributed by atoms with Crippen molar-refractivity contribution in [3.05, 3.63) is 12.2 Å². The molecule has 0 aliphatic rings. The number of hydrogen-bond acceptors (Lipinski definition) is 4.